The number of carbonyl (C=O) groups excluding carboxylic acids is 2. The van der Waals surface area contributed by atoms with Gasteiger partial charge in [0.2, 0.25) is 5.91 Å². The molecule has 0 radical (unpaired) electrons. The molecule has 120 valence electrons. The largest absolute Gasteiger partial charge is 0.444 e. The fraction of sp³-hybridized carbons (Fsp3) is 0.875. The van der Waals surface area contributed by atoms with Crippen molar-refractivity contribution in [3.63, 3.8) is 0 Å². The minimum atomic E-state index is -0.485. The maximum atomic E-state index is 12.6. The summed E-state index contributed by atoms with van der Waals surface area (Å²) in [5.74, 6) is 0.173. The number of ether oxygens (including phenoxy) is 1. The minimum absolute atomic E-state index is 0.0515. The molecular formula is C16H28N2O3. The number of likely N-dealkylation sites (tertiary alicyclic amines) is 2. The zero-order chi connectivity index (χ0) is 15.5. The number of hydrogen-bond donors (Lipinski definition) is 0. The molecule has 5 nitrogen and oxygen atoms in total. The highest BCUT2D eigenvalue weighted by molar-refractivity contribution is 5.80. The van der Waals surface area contributed by atoms with Crippen molar-refractivity contribution in [2.45, 2.75) is 58.5 Å². The van der Waals surface area contributed by atoms with Crippen molar-refractivity contribution in [2.24, 2.45) is 5.92 Å². The Morgan fingerprint density at radius 3 is 2.19 bits per heavy atom. The van der Waals surface area contributed by atoms with Gasteiger partial charge in [-0.05, 0) is 52.9 Å². The average Bonchev–Trinajstić information content (AvgIpc) is 2.46. The van der Waals surface area contributed by atoms with E-state index in [0.29, 0.717) is 13.1 Å². The van der Waals surface area contributed by atoms with Gasteiger partial charge in [-0.3, -0.25) is 4.79 Å². The average molecular weight is 296 g/mol. The Labute approximate surface area is 127 Å². The number of piperidine rings is 2. The highest BCUT2D eigenvalue weighted by atomic mass is 16.6. The number of hydrogen-bond acceptors (Lipinski definition) is 3. The highest BCUT2D eigenvalue weighted by Gasteiger charge is 2.33. The first-order valence-electron chi connectivity index (χ1n) is 8.13. The van der Waals surface area contributed by atoms with Crippen molar-refractivity contribution < 1.29 is 14.3 Å². The van der Waals surface area contributed by atoms with Crippen LogP contribution in [0, 0.1) is 5.92 Å². The summed E-state index contributed by atoms with van der Waals surface area (Å²) in [6.45, 7) is 8.55. The minimum Gasteiger partial charge on any atom is -0.444 e. The summed E-state index contributed by atoms with van der Waals surface area (Å²) >= 11 is 0. The predicted octanol–water partition coefficient (Wildman–Crippen LogP) is 2.65. The first kappa shape index (κ1) is 16.1. The van der Waals surface area contributed by atoms with Crippen LogP contribution in [0.4, 0.5) is 4.79 Å². The fourth-order valence-electron chi connectivity index (χ4n) is 3.04. The quantitative estimate of drug-likeness (QED) is 0.747. The Bertz CT molecular complexity index is 383. The molecule has 21 heavy (non-hydrogen) atoms. The molecule has 0 aromatic rings. The Balaban J connectivity index is 1.90. The lowest BCUT2D eigenvalue weighted by atomic mass is 9.96. The summed E-state index contributed by atoms with van der Waals surface area (Å²) in [6.07, 6.45) is 4.90. The lowest BCUT2D eigenvalue weighted by Crippen LogP contribution is -2.48. The molecule has 1 atom stereocenters. The summed E-state index contributed by atoms with van der Waals surface area (Å²) in [5.41, 5.74) is -0.485. The van der Waals surface area contributed by atoms with E-state index in [9.17, 15) is 9.59 Å². The monoisotopic (exact) mass is 296 g/mol. The van der Waals surface area contributed by atoms with E-state index >= 15 is 0 Å². The van der Waals surface area contributed by atoms with Crippen LogP contribution in [0.1, 0.15) is 52.9 Å². The normalized spacial score (nSPS) is 23.9. The predicted molar refractivity (Wildman–Crippen MR) is 81.0 cm³/mol. The van der Waals surface area contributed by atoms with Crippen LogP contribution in [-0.4, -0.2) is 53.6 Å². The number of nitrogens with zero attached hydrogens (tertiary/aromatic N) is 2. The third-order valence-corrected chi connectivity index (χ3v) is 4.09. The van der Waals surface area contributed by atoms with E-state index in [1.165, 1.54) is 6.42 Å². The van der Waals surface area contributed by atoms with E-state index in [1.807, 2.05) is 25.7 Å². The number of carbonyl (C=O) groups is 2. The molecule has 0 saturated carbocycles. The van der Waals surface area contributed by atoms with Crippen LogP contribution in [0.5, 0.6) is 0 Å². The third kappa shape index (κ3) is 4.61. The first-order chi connectivity index (χ1) is 9.87. The lowest BCUT2D eigenvalue weighted by molar-refractivity contribution is -0.138. The van der Waals surface area contributed by atoms with Crippen LogP contribution < -0.4 is 0 Å². The van der Waals surface area contributed by atoms with Crippen LogP contribution in [0.25, 0.3) is 0 Å². The van der Waals surface area contributed by atoms with Crippen molar-refractivity contribution in [3.05, 3.63) is 0 Å². The van der Waals surface area contributed by atoms with Gasteiger partial charge in [0.15, 0.2) is 0 Å². The SMILES string of the molecule is CC(C)(C)OC(=O)N1CCC[C@@H](C(=O)N2CCCCC2)C1. The summed E-state index contributed by atoms with van der Waals surface area (Å²) in [6, 6.07) is 0. The molecule has 2 aliphatic rings. The van der Waals surface area contributed by atoms with Crippen molar-refractivity contribution in [2.75, 3.05) is 26.2 Å². The molecule has 2 heterocycles. The topological polar surface area (TPSA) is 49.9 Å². The van der Waals surface area contributed by atoms with Gasteiger partial charge in [0.25, 0.3) is 0 Å². The molecule has 0 aromatic heterocycles. The smallest absolute Gasteiger partial charge is 0.410 e. The van der Waals surface area contributed by atoms with Gasteiger partial charge in [0.05, 0.1) is 5.92 Å². The molecule has 2 rings (SSSR count). The van der Waals surface area contributed by atoms with Gasteiger partial charge in [-0.15, -0.1) is 0 Å². The lowest BCUT2D eigenvalue weighted by Gasteiger charge is -2.36. The van der Waals surface area contributed by atoms with Crippen molar-refractivity contribution in [1.82, 2.24) is 9.80 Å². The maximum Gasteiger partial charge on any atom is 0.410 e. The second-order valence-corrected chi connectivity index (χ2v) is 7.15. The summed E-state index contributed by atoms with van der Waals surface area (Å²) in [5, 5.41) is 0. The standard InChI is InChI=1S/C16H28N2O3/c1-16(2,3)21-15(20)18-11-7-8-13(12-18)14(19)17-9-5-4-6-10-17/h13H,4-12H2,1-3H3/t13-/m1/s1. The van der Waals surface area contributed by atoms with Gasteiger partial charge in [-0.2, -0.15) is 0 Å². The molecule has 5 heteroatoms. The fourth-order valence-corrected chi connectivity index (χ4v) is 3.04. The van der Waals surface area contributed by atoms with Crippen LogP contribution in [-0.2, 0) is 9.53 Å². The molecule has 2 aliphatic heterocycles. The van der Waals surface area contributed by atoms with Crippen molar-refractivity contribution in [1.29, 1.82) is 0 Å². The third-order valence-electron chi connectivity index (χ3n) is 4.09. The first-order valence-corrected chi connectivity index (χ1v) is 8.13. The molecule has 2 fully saturated rings. The molecule has 0 aliphatic carbocycles. The van der Waals surface area contributed by atoms with Crippen LogP contribution in [0.2, 0.25) is 0 Å². The van der Waals surface area contributed by atoms with E-state index in [4.69, 9.17) is 4.74 Å². The Morgan fingerprint density at radius 1 is 0.952 bits per heavy atom. The Kier molecular flexibility index (Phi) is 5.12. The van der Waals surface area contributed by atoms with Gasteiger partial charge < -0.3 is 14.5 Å². The number of rotatable bonds is 1. The molecule has 0 bridgehead atoms. The summed E-state index contributed by atoms with van der Waals surface area (Å²) in [4.78, 5) is 28.4. The molecule has 0 unspecified atom stereocenters. The van der Waals surface area contributed by atoms with Gasteiger partial charge >= 0.3 is 6.09 Å². The van der Waals surface area contributed by atoms with Crippen LogP contribution in [0.3, 0.4) is 0 Å². The van der Waals surface area contributed by atoms with Gasteiger partial charge in [0, 0.05) is 26.2 Å². The molecule has 0 N–H and O–H groups in total. The van der Waals surface area contributed by atoms with Crippen LogP contribution in [0.15, 0.2) is 0 Å². The van der Waals surface area contributed by atoms with E-state index in [2.05, 4.69) is 0 Å². The van der Waals surface area contributed by atoms with E-state index < -0.39 is 5.60 Å². The Morgan fingerprint density at radius 2 is 1.57 bits per heavy atom. The summed E-state index contributed by atoms with van der Waals surface area (Å²) < 4.78 is 5.41. The number of amides is 2. The molecule has 2 amide bonds. The zero-order valence-corrected chi connectivity index (χ0v) is 13.6. The summed E-state index contributed by atoms with van der Waals surface area (Å²) in [7, 11) is 0. The Hall–Kier alpha value is -1.26. The maximum absolute atomic E-state index is 12.6. The molecule has 0 aromatic carbocycles. The second-order valence-electron chi connectivity index (χ2n) is 7.15. The zero-order valence-electron chi connectivity index (χ0n) is 13.6. The molecule has 0 spiro atoms. The molecule has 2 saturated heterocycles. The molecular weight excluding hydrogens is 268 g/mol. The highest BCUT2D eigenvalue weighted by Crippen LogP contribution is 2.22. The van der Waals surface area contributed by atoms with E-state index in [1.54, 1.807) is 4.90 Å². The van der Waals surface area contributed by atoms with Gasteiger partial charge in [-0.1, -0.05) is 0 Å². The van der Waals surface area contributed by atoms with E-state index in [-0.39, 0.29) is 17.9 Å². The van der Waals surface area contributed by atoms with Crippen molar-refractivity contribution >= 4 is 12.0 Å². The van der Waals surface area contributed by atoms with Crippen LogP contribution >= 0.6 is 0 Å². The van der Waals surface area contributed by atoms with Gasteiger partial charge in [0.1, 0.15) is 5.60 Å². The van der Waals surface area contributed by atoms with Gasteiger partial charge in [-0.25, -0.2) is 4.79 Å². The van der Waals surface area contributed by atoms with Crippen molar-refractivity contribution in [3.8, 4) is 0 Å². The van der Waals surface area contributed by atoms with E-state index in [0.717, 1.165) is 38.8 Å². The second kappa shape index (κ2) is 6.67.